The highest BCUT2D eigenvalue weighted by molar-refractivity contribution is 6.01. The number of pyridine rings is 5. The van der Waals surface area contributed by atoms with Crippen LogP contribution in [0.15, 0.2) is 316 Å². The second kappa shape index (κ2) is 55.5. The van der Waals surface area contributed by atoms with Gasteiger partial charge in [0.25, 0.3) is 17.7 Å². The summed E-state index contributed by atoms with van der Waals surface area (Å²) < 4.78 is 44.8. The van der Waals surface area contributed by atoms with Gasteiger partial charge in [-0.05, 0) is 256 Å². The number of ketones is 5. The number of hydrogen-bond acceptors (Lipinski definition) is 17. The van der Waals surface area contributed by atoms with Gasteiger partial charge in [0.2, 0.25) is 23.7 Å². The number of carbonyl (C=O) groups excluding carboxylic acids is 8. The third-order valence-electron chi connectivity index (χ3n) is 25.8. The molecule has 20 nitrogen and oxygen atoms in total. The van der Waals surface area contributed by atoms with Gasteiger partial charge in [-0.15, -0.1) is 0 Å². The highest BCUT2D eigenvalue weighted by Crippen LogP contribution is 2.31. The molecule has 0 fully saturated rings. The normalized spacial score (nSPS) is 10.6. The number of halogens is 3. The van der Waals surface area contributed by atoms with Gasteiger partial charge in [-0.2, -0.15) is 18.2 Å². The summed E-state index contributed by atoms with van der Waals surface area (Å²) in [4.78, 5) is 128. The van der Waals surface area contributed by atoms with Gasteiger partial charge >= 0.3 is 0 Å². The van der Waals surface area contributed by atoms with Crippen molar-refractivity contribution in [1.29, 1.82) is 0 Å². The summed E-state index contributed by atoms with van der Waals surface area (Å²) in [6, 6.07) is 94.4. The van der Waals surface area contributed by atoms with Crippen LogP contribution in [-0.2, 0) is 32.1 Å². The molecule has 5 heterocycles. The molecular formula is C124H130F3N11O9. The zero-order chi connectivity index (χ0) is 106. The van der Waals surface area contributed by atoms with E-state index < -0.39 is 17.8 Å². The molecule has 0 radical (unpaired) electrons. The van der Waals surface area contributed by atoms with Gasteiger partial charge in [0.1, 0.15) is 5.82 Å². The first-order valence-corrected chi connectivity index (χ1v) is 49.8. The molecule has 756 valence electrons. The number of aryl methyl sites for hydroxylation is 8. The summed E-state index contributed by atoms with van der Waals surface area (Å²) in [6.07, 6.45) is 9.97. The van der Waals surface area contributed by atoms with E-state index in [2.05, 4.69) is 117 Å². The molecule has 0 aliphatic carbocycles. The number of nitrogens with zero attached hydrogens (tertiary/aromatic N) is 10. The van der Waals surface area contributed by atoms with Crippen molar-refractivity contribution >= 4 is 63.8 Å². The van der Waals surface area contributed by atoms with Crippen LogP contribution in [0.5, 0.6) is 5.88 Å². The molecule has 0 saturated heterocycles. The Labute approximate surface area is 862 Å². The average Bonchev–Trinajstić information content (AvgIpc) is 0.843. The Bertz CT molecular complexity index is 6510. The molecule has 0 aliphatic rings. The minimum Gasteiger partial charge on any atom is -0.481 e. The summed E-state index contributed by atoms with van der Waals surface area (Å²) in [5.74, 6) is -0.926. The molecule has 3 amide bonds. The van der Waals surface area contributed by atoms with E-state index in [-0.39, 0.29) is 65.0 Å². The van der Waals surface area contributed by atoms with Gasteiger partial charge in [-0.25, -0.2) is 15.0 Å². The number of ether oxygens (including phenoxy) is 1. The molecule has 147 heavy (non-hydrogen) atoms. The second-order valence-electron chi connectivity index (χ2n) is 36.0. The van der Waals surface area contributed by atoms with Crippen molar-refractivity contribution in [2.75, 3.05) is 90.6 Å². The molecule has 15 aromatic rings. The Hall–Kier alpha value is -16.3. The minimum atomic E-state index is -0.884. The van der Waals surface area contributed by atoms with E-state index in [0.29, 0.717) is 122 Å². The van der Waals surface area contributed by atoms with E-state index >= 15 is 0 Å². The van der Waals surface area contributed by atoms with Crippen molar-refractivity contribution in [2.24, 2.45) is 0 Å². The fraction of sp³-hybridized carbons (Fsp3) is 0.250. The highest BCUT2D eigenvalue weighted by Gasteiger charge is 2.20. The van der Waals surface area contributed by atoms with Crippen LogP contribution >= 0.6 is 0 Å². The van der Waals surface area contributed by atoms with Gasteiger partial charge < -0.3 is 35.0 Å². The maximum absolute atomic E-state index is 13.6. The van der Waals surface area contributed by atoms with Crippen molar-refractivity contribution in [3.63, 3.8) is 0 Å². The van der Waals surface area contributed by atoms with Gasteiger partial charge in [0.15, 0.2) is 28.9 Å². The topological polar surface area (TPSA) is 252 Å². The van der Waals surface area contributed by atoms with E-state index in [1.165, 1.54) is 23.5 Å². The first-order valence-electron chi connectivity index (χ1n) is 49.8. The number of nitrogens with two attached hydrogens (primary N) is 1. The van der Waals surface area contributed by atoms with Crippen LogP contribution < -0.4 is 20.3 Å². The number of rotatable bonds is 38. The summed E-state index contributed by atoms with van der Waals surface area (Å²) in [5, 5.41) is 0. The summed E-state index contributed by atoms with van der Waals surface area (Å²) >= 11 is 0. The molecule has 0 atom stereocenters. The summed E-state index contributed by atoms with van der Waals surface area (Å²) in [5.41, 5.74) is 30.6. The van der Waals surface area contributed by atoms with Crippen molar-refractivity contribution in [2.45, 2.75) is 132 Å². The van der Waals surface area contributed by atoms with E-state index in [4.69, 9.17) is 10.5 Å². The van der Waals surface area contributed by atoms with Crippen LogP contribution in [0.3, 0.4) is 0 Å². The SMILES string of the molecule is CCCN(C)c1ccc(-c2ccc(C(=O)CCc3cccnc3N)cc2)cc1.CCCN(C)c1ccc(-c2ccc(C(=O)CCc3cccnc3OC)cc2)cc1.CCN(C)C(=O)c1ccc(-c2ccc(C(=O)CCc3ccc(C)nc3C)cc2)cc1.CCN(C)C(=O)c1ccc(-c2ccc(C(=O)CCc3ccc(F)nc3C)cc2)cc1.CCN(C)C(=O)c1ccc(-c2ccc(C(=O)CCc3ccc(F)nc3F)cc2)cc1. The third kappa shape index (κ3) is 32.3. The Balaban J connectivity index is 0.000000175. The van der Waals surface area contributed by atoms with Gasteiger partial charge in [-0.3, -0.25) is 43.3 Å². The van der Waals surface area contributed by atoms with Crippen LogP contribution in [0.2, 0.25) is 0 Å². The number of Topliss-reactive ketones (excluding diaryl/α,β-unsaturated/α-hetero) is 5. The molecule has 23 heteroatoms. The predicted molar refractivity (Wildman–Crippen MR) is 584 cm³/mol. The van der Waals surface area contributed by atoms with Crippen molar-refractivity contribution in [3.8, 4) is 61.5 Å². The minimum absolute atomic E-state index is 0.00316. The Morgan fingerprint density at radius 2 is 0.551 bits per heavy atom. The smallest absolute Gasteiger partial charge is 0.253 e. The lowest BCUT2D eigenvalue weighted by atomic mass is 9.98. The Kier molecular flexibility index (Phi) is 42.0. The maximum Gasteiger partial charge on any atom is 0.253 e. The fourth-order valence-electron chi connectivity index (χ4n) is 16.3. The molecule has 0 spiro atoms. The van der Waals surface area contributed by atoms with Crippen LogP contribution in [-0.4, -0.2) is 161 Å². The quantitative estimate of drug-likeness (QED) is 0.0279. The molecule has 15 rings (SSSR count). The van der Waals surface area contributed by atoms with Gasteiger partial charge in [-0.1, -0.05) is 220 Å². The molecule has 0 bridgehead atoms. The number of hydrogen-bond donors (Lipinski definition) is 1. The Morgan fingerprint density at radius 1 is 0.293 bits per heavy atom. The number of methoxy groups -OCH3 is 1. The third-order valence-corrected chi connectivity index (χ3v) is 25.8. The molecular weight excluding hydrogens is 1840 g/mol. The Morgan fingerprint density at radius 3 is 0.837 bits per heavy atom. The number of benzene rings is 10. The summed E-state index contributed by atoms with van der Waals surface area (Å²) in [7, 11) is 11.1. The molecule has 0 unspecified atom stereocenters. The van der Waals surface area contributed by atoms with Crippen LogP contribution in [0, 0.1) is 38.6 Å². The van der Waals surface area contributed by atoms with Crippen molar-refractivity contribution in [1.82, 2.24) is 39.6 Å². The highest BCUT2D eigenvalue weighted by atomic mass is 19.1. The largest absolute Gasteiger partial charge is 0.481 e. The first kappa shape index (κ1) is 111. The lowest BCUT2D eigenvalue weighted by Gasteiger charge is -2.18. The second-order valence-corrected chi connectivity index (χ2v) is 36.0. The predicted octanol–water partition coefficient (Wildman–Crippen LogP) is 25.7. The monoisotopic (exact) mass is 1970 g/mol. The molecule has 0 saturated carbocycles. The standard InChI is InChI=1S/C26H28N2O2.C25H25FN2O2.C25H28N2O2.C24H22F2N2O2.C24H27N3O/c1-5-28(4)26(30)24-14-10-22(11-15-24)21-8-12-23(13-9-21)25(29)17-16-20-7-6-18(2)27-19(20)3;1-4-28(3)25(30)22-11-7-20(8-12-22)19-5-9-21(10-6-19)23(29)15-13-18-14-16-24(26)27-17(18)2;1-4-18-27(2)23-14-11-20(12-15-23)19-7-9-21(10-8-19)24(28)16-13-22-6-5-17-26-25(22)29-3;1-3-28(2)24(30)20-10-6-17(7-11-20)16-4-8-18(9-5-16)21(29)14-12-19-13-15-22(25)27-23(19)26;1-3-17-27(2)22-13-10-19(11-14-22)18-6-8-20(9-7-18)23(28)15-12-21-5-4-16-26-24(21)25/h6-15H,5,16-17H2,1-4H3;5-12,14,16H,4,13,15H2,1-3H3;5-12,14-15,17H,4,13,16,18H2,1-3H3;4-11,13,15H,3,12,14H2,1-2H3;4-11,13-14,16H,3,12,15,17H2,1-2H3,(H2,25,26). The van der Waals surface area contributed by atoms with Gasteiger partial charge in [0, 0.05) is 197 Å². The van der Waals surface area contributed by atoms with Crippen LogP contribution in [0.4, 0.5) is 30.4 Å². The molecule has 0 aliphatic heterocycles. The number of nitrogen functional groups attached to an aromatic ring is 1. The zero-order valence-electron chi connectivity index (χ0n) is 86.4. The van der Waals surface area contributed by atoms with Crippen LogP contribution in [0.1, 0.15) is 207 Å². The average molecular weight is 1980 g/mol. The fourth-order valence-corrected chi connectivity index (χ4v) is 16.3. The number of aromatic nitrogens is 5. The van der Waals surface area contributed by atoms with E-state index in [1.54, 1.807) is 92.6 Å². The van der Waals surface area contributed by atoms with E-state index in [0.717, 1.165) is 132 Å². The maximum atomic E-state index is 13.6. The van der Waals surface area contributed by atoms with Crippen molar-refractivity contribution in [3.05, 3.63) is 423 Å². The first-order chi connectivity index (χ1) is 70.9. The number of amides is 3. The lowest BCUT2D eigenvalue weighted by Crippen LogP contribution is -2.26. The zero-order valence-corrected chi connectivity index (χ0v) is 86.4. The lowest BCUT2D eigenvalue weighted by molar-refractivity contribution is 0.0795. The molecule has 5 aromatic heterocycles. The molecule has 10 aromatic carbocycles. The van der Waals surface area contributed by atoms with Crippen molar-refractivity contribution < 1.29 is 56.3 Å². The van der Waals surface area contributed by atoms with Gasteiger partial charge in [0.05, 0.1) is 7.11 Å². The van der Waals surface area contributed by atoms with E-state index in [9.17, 15) is 51.5 Å². The number of anilines is 3. The summed E-state index contributed by atoms with van der Waals surface area (Å²) in [6.45, 7) is 19.9. The van der Waals surface area contributed by atoms with Crippen LogP contribution in [0.25, 0.3) is 55.6 Å². The number of carbonyl (C=O) groups is 8. The molecule has 2 N–H and O–H groups in total. The van der Waals surface area contributed by atoms with E-state index in [1.807, 2.05) is 235 Å².